The van der Waals surface area contributed by atoms with Crippen molar-refractivity contribution in [2.75, 3.05) is 26.4 Å². The molecule has 4 saturated carbocycles. The van der Waals surface area contributed by atoms with E-state index in [9.17, 15) is 14.3 Å². The summed E-state index contributed by atoms with van der Waals surface area (Å²) in [5, 5.41) is 14.1. The topological polar surface area (TPSA) is 58.6 Å². The minimum absolute atomic E-state index is 0.0150. The molecular weight excluding hydrogens is 597 g/mol. The summed E-state index contributed by atoms with van der Waals surface area (Å²) < 4.78 is 19.5. The van der Waals surface area contributed by atoms with E-state index in [1.165, 1.54) is 74.5 Å². The fraction of sp³-hybridized carbons (Fsp3) is 0.837. The molecule has 10 atom stereocenters. The van der Waals surface area contributed by atoms with E-state index in [-0.39, 0.29) is 16.4 Å². The van der Waals surface area contributed by atoms with Crippen LogP contribution in [0.1, 0.15) is 132 Å². The zero-order chi connectivity index (χ0) is 34.5. The molecule has 4 nitrogen and oxygen atoms in total. The van der Waals surface area contributed by atoms with Crippen LogP contribution in [0.3, 0.4) is 0 Å². The van der Waals surface area contributed by atoms with Gasteiger partial charge in [-0.2, -0.15) is 0 Å². The first kappa shape index (κ1) is 35.0. The maximum Gasteiger partial charge on any atom is 0.312 e. The summed E-state index contributed by atoms with van der Waals surface area (Å²) in [6.07, 6.45) is 18.8. The number of carboxylic acids is 1. The van der Waals surface area contributed by atoms with Crippen molar-refractivity contribution in [2.45, 2.75) is 137 Å². The second kappa shape index (κ2) is 11.5. The highest BCUT2D eigenvalue weighted by atomic mass is 19.1. The monoisotopic (exact) mass is 664 g/mol. The molecule has 0 radical (unpaired) electrons. The lowest BCUT2D eigenvalue weighted by molar-refractivity contribution is -0.221. The van der Waals surface area contributed by atoms with Gasteiger partial charge in [-0.15, -0.1) is 0 Å². The molecule has 0 aromatic heterocycles. The van der Waals surface area contributed by atoms with Crippen LogP contribution in [0.5, 0.6) is 0 Å². The van der Waals surface area contributed by atoms with Crippen molar-refractivity contribution in [2.24, 2.45) is 62.1 Å². The Balaban J connectivity index is 1.16. The van der Waals surface area contributed by atoms with Crippen LogP contribution in [0, 0.1) is 62.1 Å². The van der Waals surface area contributed by atoms with Crippen LogP contribution >= 0.6 is 0 Å². The minimum Gasteiger partial charge on any atom is -0.481 e. The van der Waals surface area contributed by atoms with Crippen LogP contribution in [-0.2, 0) is 9.53 Å². The van der Waals surface area contributed by atoms with E-state index in [4.69, 9.17) is 4.74 Å². The molecule has 5 heteroatoms. The SMILES string of the molecule is C=C(C)[C@@H]1CC[C@]2(NCCC3(C)COC3)CC[C@]3(C)[C@H](CC[C@@H]4[C@@]5(C)CC=C(C6=CC[C@@](CF)(C(=O)O)CC6)C(C)(C)[C@@H]5CC[C@]43C)[C@@H]12. The van der Waals surface area contributed by atoms with Crippen LogP contribution in [0.4, 0.5) is 4.39 Å². The molecule has 0 spiro atoms. The van der Waals surface area contributed by atoms with Crippen molar-refractivity contribution in [1.29, 1.82) is 0 Å². The molecule has 1 saturated heterocycles. The molecule has 0 aromatic carbocycles. The smallest absolute Gasteiger partial charge is 0.312 e. The van der Waals surface area contributed by atoms with Crippen LogP contribution in [0.15, 0.2) is 35.5 Å². The largest absolute Gasteiger partial charge is 0.481 e. The van der Waals surface area contributed by atoms with Gasteiger partial charge in [-0.05, 0) is 159 Å². The average Bonchev–Trinajstić information content (AvgIpc) is 3.40. The highest BCUT2D eigenvalue weighted by Crippen LogP contribution is 2.76. The summed E-state index contributed by atoms with van der Waals surface area (Å²) >= 11 is 0. The Kier molecular flexibility index (Phi) is 8.39. The van der Waals surface area contributed by atoms with Crippen molar-refractivity contribution in [3.05, 3.63) is 35.5 Å². The second-order valence-corrected chi connectivity index (χ2v) is 20.0. The van der Waals surface area contributed by atoms with Gasteiger partial charge in [0.2, 0.25) is 0 Å². The lowest BCUT2D eigenvalue weighted by atomic mass is 9.33. The average molecular weight is 664 g/mol. The summed E-state index contributed by atoms with van der Waals surface area (Å²) in [5.74, 6) is 2.33. The third-order valence-corrected chi connectivity index (χ3v) is 17.4. The molecule has 1 heterocycles. The number of alkyl halides is 1. The summed E-state index contributed by atoms with van der Waals surface area (Å²) in [4.78, 5) is 12.0. The van der Waals surface area contributed by atoms with Crippen LogP contribution < -0.4 is 5.32 Å². The molecule has 48 heavy (non-hydrogen) atoms. The zero-order valence-corrected chi connectivity index (χ0v) is 31.4. The number of carboxylic acid groups (broad SMARTS) is 1. The number of carbonyl (C=O) groups is 1. The maximum absolute atomic E-state index is 14.0. The van der Waals surface area contributed by atoms with Crippen molar-refractivity contribution in [3.63, 3.8) is 0 Å². The number of halogens is 1. The molecule has 7 rings (SSSR count). The Hall–Kier alpha value is -1.46. The third kappa shape index (κ3) is 4.81. The maximum atomic E-state index is 14.0. The lowest BCUT2D eigenvalue weighted by Crippen LogP contribution is -2.68. The molecule has 0 amide bonds. The highest BCUT2D eigenvalue weighted by Gasteiger charge is 2.70. The number of nitrogens with one attached hydrogen (secondary N) is 1. The van der Waals surface area contributed by atoms with E-state index in [1.807, 2.05) is 0 Å². The number of aliphatic carboxylic acids is 1. The normalized spacial score (nSPS) is 47.3. The predicted octanol–water partition coefficient (Wildman–Crippen LogP) is 10.1. The number of rotatable bonds is 8. The van der Waals surface area contributed by atoms with E-state index in [2.05, 4.69) is 72.5 Å². The zero-order valence-electron chi connectivity index (χ0n) is 31.4. The molecule has 5 fully saturated rings. The highest BCUT2D eigenvalue weighted by molar-refractivity contribution is 5.75. The van der Waals surface area contributed by atoms with Crippen LogP contribution in [0.25, 0.3) is 0 Å². The molecule has 0 bridgehead atoms. The summed E-state index contributed by atoms with van der Waals surface area (Å²) in [6.45, 7) is 24.5. The summed E-state index contributed by atoms with van der Waals surface area (Å²) in [5.41, 5.74) is 4.36. The lowest BCUT2D eigenvalue weighted by Gasteiger charge is -2.72. The standard InChI is InChI=1S/C43H66FNO3/c1-28(2)30-13-20-43(45-24-23-38(5)26-48-27-38)22-21-40(7)32(35(30)43)9-10-34-39(6)16-14-31(37(3,4)33(39)15-17-41(34,40)8)29-11-18-42(25-44,19-12-29)36(46)47/h11,14,30,32-35,45H,1,9-10,12-13,15-27H2,2-8H3,(H,46,47)/t30-,32+,33-,34+,35+,39-,40+,41+,42+,43-/m0/s1. The van der Waals surface area contributed by atoms with E-state index >= 15 is 0 Å². The van der Waals surface area contributed by atoms with E-state index in [1.54, 1.807) is 0 Å². The fourth-order valence-electron chi connectivity index (χ4n) is 14.3. The van der Waals surface area contributed by atoms with Gasteiger partial charge in [-0.3, -0.25) is 4.79 Å². The van der Waals surface area contributed by atoms with Crippen molar-refractivity contribution < 1.29 is 19.0 Å². The fourth-order valence-corrected chi connectivity index (χ4v) is 14.3. The van der Waals surface area contributed by atoms with Gasteiger partial charge in [0.1, 0.15) is 6.67 Å². The molecule has 0 aromatic rings. The van der Waals surface area contributed by atoms with Gasteiger partial charge in [0.25, 0.3) is 0 Å². The van der Waals surface area contributed by atoms with Gasteiger partial charge in [-0.25, -0.2) is 4.39 Å². The van der Waals surface area contributed by atoms with Crippen LogP contribution in [0.2, 0.25) is 0 Å². The van der Waals surface area contributed by atoms with E-state index in [0.717, 1.165) is 32.1 Å². The molecule has 0 unspecified atom stereocenters. The Morgan fingerprint density at radius 3 is 2.29 bits per heavy atom. The van der Waals surface area contributed by atoms with Crippen molar-refractivity contribution >= 4 is 5.97 Å². The number of hydrogen-bond donors (Lipinski definition) is 2. The van der Waals surface area contributed by atoms with Crippen molar-refractivity contribution in [3.8, 4) is 0 Å². The molecule has 1 aliphatic heterocycles. The van der Waals surface area contributed by atoms with Crippen molar-refractivity contribution in [1.82, 2.24) is 5.32 Å². The van der Waals surface area contributed by atoms with E-state index < -0.39 is 18.1 Å². The molecule has 268 valence electrons. The summed E-state index contributed by atoms with van der Waals surface area (Å²) in [6, 6.07) is 0. The minimum atomic E-state index is -1.24. The molecule has 7 aliphatic rings. The van der Waals surface area contributed by atoms with Gasteiger partial charge < -0.3 is 15.2 Å². The Morgan fingerprint density at radius 1 is 0.938 bits per heavy atom. The van der Waals surface area contributed by atoms with Gasteiger partial charge in [-0.1, -0.05) is 65.8 Å². The molecule has 6 aliphatic carbocycles. The first-order valence-electron chi connectivity index (χ1n) is 19.7. The molecular formula is C43H66FNO3. The number of allylic oxidation sites excluding steroid dienone is 5. The van der Waals surface area contributed by atoms with Crippen LogP contribution in [-0.4, -0.2) is 43.0 Å². The second-order valence-electron chi connectivity index (χ2n) is 20.0. The third-order valence-electron chi connectivity index (χ3n) is 17.4. The Labute approximate surface area is 291 Å². The van der Waals surface area contributed by atoms with Gasteiger partial charge in [0.05, 0.1) is 18.6 Å². The van der Waals surface area contributed by atoms with Gasteiger partial charge in [0.15, 0.2) is 0 Å². The number of fused-ring (bicyclic) bond motifs is 7. The molecule has 2 N–H and O–H groups in total. The first-order valence-corrected chi connectivity index (χ1v) is 19.7. The first-order chi connectivity index (χ1) is 22.5. The van der Waals surface area contributed by atoms with E-state index in [0.29, 0.717) is 59.2 Å². The Bertz CT molecular complexity index is 1390. The van der Waals surface area contributed by atoms with Gasteiger partial charge in [0, 0.05) is 11.0 Å². The summed E-state index contributed by atoms with van der Waals surface area (Å²) in [7, 11) is 0. The quantitative estimate of drug-likeness (QED) is 0.254. The number of ether oxygens (including phenoxy) is 1. The number of hydrogen-bond acceptors (Lipinski definition) is 3. The van der Waals surface area contributed by atoms with Gasteiger partial charge >= 0.3 is 5.97 Å². The Morgan fingerprint density at radius 2 is 1.69 bits per heavy atom. The predicted molar refractivity (Wildman–Crippen MR) is 192 cm³/mol.